The molecule has 1 fully saturated rings. The number of anilines is 1. The van der Waals surface area contributed by atoms with Crippen LogP contribution in [0.4, 0.5) is 10.5 Å². The van der Waals surface area contributed by atoms with Gasteiger partial charge < -0.3 is 15.0 Å². The first-order valence-corrected chi connectivity index (χ1v) is 10.6. The number of piperidine rings is 1. The SMILES string of the molecule is CC.CC.O=C(OCc1ccccc1)N1CCC2(CC1)CNc1ccccc12. The molecule has 1 saturated heterocycles. The molecule has 152 valence electrons. The number of hydrogen-bond donors (Lipinski definition) is 1. The van der Waals surface area contributed by atoms with Crippen LogP contribution in [0.1, 0.15) is 51.7 Å². The molecule has 2 aliphatic rings. The van der Waals surface area contributed by atoms with Gasteiger partial charge in [-0.3, -0.25) is 0 Å². The maximum Gasteiger partial charge on any atom is 0.410 e. The van der Waals surface area contributed by atoms with Crippen LogP contribution in [0.25, 0.3) is 0 Å². The summed E-state index contributed by atoms with van der Waals surface area (Å²) >= 11 is 0. The molecule has 0 aromatic heterocycles. The van der Waals surface area contributed by atoms with E-state index in [-0.39, 0.29) is 11.5 Å². The molecule has 1 N–H and O–H groups in total. The number of ether oxygens (including phenoxy) is 1. The first-order chi connectivity index (χ1) is 13.8. The Kier molecular flexibility index (Phi) is 8.37. The van der Waals surface area contributed by atoms with E-state index in [0.29, 0.717) is 6.61 Å². The van der Waals surface area contributed by atoms with Gasteiger partial charge in [-0.05, 0) is 30.0 Å². The van der Waals surface area contributed by atoms with Gasteiger partial charge in [0.2, 0.25) is 0 Å². The molecule has 4 nitrogen and oxygen atoms in total. The van der Waals surface area contributed by atoms with Crippen molar-refractivity contribution >= 4 is 11.8 Å². The van der Waals surface area contributed by atoms with Crippen molar-refractivity contribution in [3.63, 3.8) is 0 Å². The van der Waals surface area contributed by atoms with Crippen molar-refractivity contribution in [1.29, 1.82) is 0 Å². The summed E-state index contributed by atoms with van der Waals surface area (Å²) in [5.41, 5.74) is 3.85. The Morgan fingerprint density at radius 2 is 1.57 bits per heavy atom. The highest BCUT2D eigenvalue weighted by Gasteiger charge is 2.42. The van der Waals surface area contributed by atoms with Crippen LogP contribution in [0.3, 0.4) is 0 Å². The molecule has 0 aliphatic carbocycles. The van der Waals surface area contributed by atoms with Crippen LogP contribution in [-0.4, -0.2) is 30.6 Å². The van der Waals surface area contributed by atoms with Gasteiger partial charge in [0.05, 0.1) is 0 Å². The highest BCUT2D eigenvalue weighted by molar-refractivity contribution is 5.68. The molecule has 2 aromatic rings. The lowest BCUT2D eigenvalue weighted by Gasteiger charge is -2.38. The first kappa shape index (κ1) is 21.8. The van der Waals surface area contributed by atoms with Gasteiger partial charge in [-0.2, -0.15) is 0 Å². The smallest absolute Gasteiger partial charge is 0.410 e. The number of nitrogens with one attached hydrogen (secondary N) is 1. The van der Waals surface area contributed by atoms with Crippen molar-refractivity contribution in [2.24, 2.45) is 0 Å². The molecule has 2 aliphatic heterocycles. The van der Waals surface area contributed by atoms with Gasteiger partial charge in [0.15, 0.2) is 0 Å². The number of fused-ring (bicyclic) bond motifs is 2. The summed E-state index contributed by atoms with van der Waals surface area (Å²) in [5.74, 6) is 0. The molecule has 28 heavy (non-hydrogen) atoms. The molecule has 0 bridgehead atoms. The molecule has 2 heterocycles. The second kappa shape index (κ2) is 10.7. The minimum atomic E-state index is -0.201. The van der Waals surface area contributed by atoms with Gasteiger partial charge in [-0.15, -0.1) is 0 Å². The van der Waals surface area contributed by atoms with E-state index in [0.717, 1.165) is 38.0 Å². The number of rotatable bonds is 2. The summed E-state index contributed by atoms with van der Waals surface area (Å²) in [6.07, 6.45) is 1.77. The van der Waals surface area contributed by atoms with Crippen molar-refractivity contribution in [2.75, 3.05) is 25.0 Å². The van der Waals surface area contributed by atoms with Gasteiger partial charge >= 0.3 is 6.09 Å². The molecule has 4 rings (SSSR count). The van der Waals surface area contributed by atoms with Crippen molar-refractivity contribution < 1.29 is 9.53 Å². The molecule has 4 heteroatoms. The average Bonchev–Trinajstić information content (AvgIpc) is 3.14. The van der Waals surface area contributed by atoms with Gasteiger partial charge in [-0.25, -0.2) is 4.79 Å². The lowest BCUT2D eigenvalue weighted by atomic mass is 9.74. The number of benzene rings is 2. The molecular weight excluding hydrogens is 348 g/mol. The van der Waals surface area contributed by atoms with Crippen molar-refractivity contribution in [2.45, 2.75) is 52.6 Å². The monoisotopic (exact) mass is 382 g/mol. The zero-order valence-electron chi connectivity index (χ0n) is 17.7. The fourth-order valence-electron chi connectivity index (χ4n) is 3.83. The quantitative estimate of drug-likeness (QED) is 0.710. The lowest BCUT2D eigenvalue weighted by molar-refractivity contribution is 0.0794. The molecule has 0 unspecified atom stereocenters. The van der Waals surface area contributed by atoms with E-state index in [1.54, 1.807) is 0 Å². The fraction of sp³-hybridized carbons (Fsp3) is 0.458. The number of hydrogen-bond acceptors (Lipinski definition) is 3. The van der Waals surface area contributed by atoms with Crippen molar-refractivity contribution in [1.82, 2.24) is 4.90 Å². The highest BCUT2D eigenvalue weighted by Crippen LogP contribution is 2.43. The summed E-state index contributed by atoms with van der Waals surface area (Å²) in [6.45, 7) is 10.8. The summed E-state index contributed by atoms with van der Waals surface area (Å²) in [4.78, 5) is 14.2. The number of likely N-dealkylation sites (tertiary alicyclic amines) is 1. The van der Waals surface area contributed by atoms with Crippen LogP contribution in [-0.2, 0) is 16.8 Å². The van der Waals surface area contributed by atoms with E-state index in [4.69, 9.17) is 4.74 Å². The Morgan fingerprint density at radius 3 is 2.25 bits per heavy atom. The van der Waals surface area contributed by atoms with E-state index in [9.17, 15) is 4.79 Å². The lowest BCUT2D eigenvalue weighted by Crippen LogP contribution is -2.46. The van der Waals surface area contributed by atoms with Crippen LogP contribution < -0.4 is 5.32 Å². The maximum atomic E-state index is 12.3. The first-order valence-electron chi connectivity index (χ1n) is 10.6. The third-order valence-electron chi connectivity index (χ3n) is 5.30. The Balaban J connectivity index is 0.000000660. The number of nitrogens with zero attached hydrogens (tertiary/aromatic N) is 1. The van der Waals surface area contributed by atoms with E-state index >= 15 is 0 Å². The third kappa shape index (κ3) is 4.86. The molecule has 0 saturated carbocycles. The van der Waals surface area contributed by atoms with E-state index in [1.165, 1.54) is 11.3 Å². The number of para-hydroxylation sites is 1. The molecule has 0 atom stereocenters. The normalized spacial score (nSPS) is 15.9. The molecule has 1 amide bonds. The molecular formula is C24H34N2O2. The van der Waals surface area contributed by atoms with Crippen LogP contribution in [0.15, 0.2) is 54.6 Å². The van der Waals surface area contributed by atoms with Gasteiger partial charge in [-0.1, -0.05) is 76.2 Å². The second-order valence-corrected chi connectivity index (χ2v) is 6.71. The Labute approximate surface area is 169 Å². The number of amides is 1. The number of carbonyl (C=O) groups is 1. The summed E-state index contributed by atoms with van der Waals surface area (Å²) in [5, 5.41) is 3.52. The van der Waals surface area contributed by atoms with Crippen LogP contribution >= 0.6 is 0 Å². The van der Waals surface area contributed by atoms with E-state index < -0.39 is 0 Å². The minimum absolute atomic E-state index is 0.173. The maximum absolute atomic E-state index is 12.3. The van der Waals surface area contributed by atoms with Crippen LogP contribution in [0, 0.1) is 0 Å². The number of carbonyl (C=O) groups excluding carboxylic acids is 1. The third-order valence-corrected chi connectivity index (χ3v) is 5.30. The zero-order valence-corrected chi connectivity index (χ0v) is 17.7. The molecule has 0 radical (unpaired) electrons. The molecule has 2 aromatic carbocycles. The Bertz CT molecular complexity index is 722. The van der Waals surface area contributed by atoms with Gasteiger partial charge in [0.1, 0.15) is 6.61 Å². The fourth-order valence-corrected chi connectivity index (χ4v) is 3.83. The Hall–Kier alpha value is -2.49. The summed E-state index contributed by atoms with van der Waals surface area (Å²) in [6, 6.07) is 18.4. The largest absolute Gasteiger partial charge is 0.445 e. The van der Waals surface area contributed by atoms with Gasteiger partial charge in [0, 0.05) is 30.7 Å². The van der Waals surface area contributed by atoms with Crippen molar-refractivity contribution in [3.8, 4) is 0 Å². The van der Waals surface area contributed by atoms with Crippen LogP contribution in [0.2, 0.25) is 0 Å². The van der Waals surface area contributed by atoms with Crippen LogP contribution in [0.5, 0.6) is 0 Å². The highest BCUT2D eigenvalue weighted by atomic mass is 16.6. The summed E-state index contributed by atoms with van der Waals surface area (Å²) < 4.78 is 5.46. The zero-order chi connectivity index (χ0) is 20.4. The van der Waals surface area contributed by atoms with E-state index in [1.807, 2.05) is 62.9 Å². The summed E-state index contributed by atoms with van der Waals surface area (Å²) in [7, 11) is 0. The standard InChI is InChI=1S/C20H22N2O2.2C2H6/c23-19(24-14-16-6-2-1-3-7-16)22-12-10-20(11-13-22)15-21-18-9-5-4-8-17(18)20;2*1-2/h1-9,21H,10-15H2;2*1-2H3. The van der Waals surface area contributed by atoms with E-state index in [2.05, 4.69) is 29.6 Å². The van der Waals surface area contributed by atoms with Gasteiger partial charge in [0.25, 0.3) is 0 Å². The van der Waals surface area contributed by atoms with Crippen molar-refractivity contribution in [3.05, 3.63) is 65.7 Å². The Morgan fingerprint density at radius 1 is 0.964 bits per heavy atom. The predicted octanol–water partition coefficient (Wildman–Crippen LogP) is 5.83. The second-order valence-electron chi connectivity index (χ2n) is 6.71. The molecule has 1 spiro atoms. The minimum Gasteiger partial charge on any atom is -0.445 e. The average molecular weight is 383 g/mol. The predicted molar refractivity (Wildman–Crippen MR) is 117 cm³/mol. The topological polar surface area (TPSA) is 41.6 Å².